The quantitative estimate of drug-likeness (QED) is 0.714. The van der Waals surface area contributed by atoms with Crippen LogP contribution in [0.25, 0.3) is 0 Å². The summed E-state index contributed by atoms with van der Waals surface area (Å²) in [6.45, 7) is 1.82. The largest absolute Gasteiger partial charge is 0.347 e. The number of imidazole rings is 1. The highest BCUT2D eigenvalue weighted by atomic mass is 16.2. The Morgan fingerprint density at radius 3 is 2.67 bits per heavy atom. The summed E-state index contributed by atoms with van der Waals surface area (Å²) >= 11 is 0. The van der Waals surface area contributed by atoms with Crippen molar-refractivity contribution >= 4 is 11.8 Å². The third-order valence-electron chi connectivity index (χ3n) is 3.20. The maximum atomic E-state index is 11.8. The SMILES string of the molecule is CC(c1ncc[nH]1)N1C(=O)C2CC2C1=O. The summed E-state index contributed by atoms with van der Waals surface area (Å²) in [5.41, 5.74) is 0. The predicted octanol–water partition coefficient (Wildman–Crippen LogP) is 0.476. The van der Waals surface area contributed by atoms with E-state index in [2.05, 4.69) is 9.97 Å². The highest BCUT2D eigenvalue weighted by Gasteiger charge is 2.60. The molecule has 2 heterocycles. The minimum Gasteiger partial charge on any atom is -0.347 e. The number of hydrogen-bond acceptors (Lipinski definition) is 3. The first-order valence-electron chi connectivity index (χ1n) is 5.06. The molecule has 1 aromatic rings. The normalized spacial score (nSPS) is 30.6. The second-order valence-corrected chi connectivity index (χ2v) is 4.15. The number of aromatic amines is 1. The van der Waals surface area contributed by atoms with Crippen molar-refractivity contribution in [3.8, 4) is 0 Å². The van der Waals surface area contributed by atoms with Gasteiger partial charge in [0, 0.05) is 12.4 Å². The molecule has 2 amide bonds. The number of rotatable bonds is 2. The number of fused-ring (bicyclic) bond motifs is 1. The van der Waals surface area contributed by atoms with Crippen molar-refractivity contribution in [2.24, 2.45) is 11.8 Å². The van der Waals surface area contributed by atoms with Crippen LogP contribution in [0.3, 0.4) is 0 Å². The number of amides is 2. The molecule has 2 fully saturated rings. The fourth-order valence-corrected chi connectivity index (χ4v) is 2.22. The Labute approximate surface area is 86.5 Å². The number of hydrogen-bond donors (Lipinski definition) is 1. The predicted molar refractivity (Wildman–Crippen MR) is 50.5 cm³/mol. The average Bonchev–Trinajstić information content (AvgIpc) is 2.75. The fraction of sp³-hybridized carbons (Fsp3) is 0.500. The van der Waals surface area contributed by atoms with Gasteiger partial charge in [0.25, 0.3) is 0 Å². The van der Waals surface area contributed by atoms with Crippen LogP contribution < -0.4 is 0 Å². The molecule has 1 aliphatic carbocycles. The molecule has 5 nitrogen and oxygen atoms in total. The molecule has 3 rings (SSSR count). The summed E-state index contributed by atoms with van der Waals surface area (Å²) in [4.78, 5) is 31.9. The number of carbonyl (C=O) groups is 2. The molecule has 0 bridgehead atoms. The van der Waals surface area contributed by atoms with Gasteiger partial charge in [-0.2, -0.15) is 0 Å². The molecule has 15 heavy (non-hydrogen) atoms. The molecule has 5 heteroatoms. The van der Waals surface area contributed by atoms with Crippen LogP contribution in [-0.2, 0) is 9.59 Å². The van der Waals surface area contributed by atoms with Crippen molar-refractivity contribution in [3.05, 3.63) is 18.2 Å². The molecular weight excluding hydrogens is 194 g/mol. The van der Waals surface area contributed by atoms with Gasteiger partial charge in [-0.3, -0.25) is 14.5 Å². The van der Waals surface area contributed by atoms with Gasteiger partial charge >= 0.3 is 0 Å². The minimum atomic E-state index is -0.271. The van der Waals surface area contributed by atoms with E-state index in [-0.39, 0.29) is 29.7 Å². The van der Waals surface area contributed by atoms with Crippen LogP contribution in [0.1, 0.15) is 25.2 Å². The molecule has 1 aliphatic heterocycles. The fourth-order valence-electron chi connectivity index (χ4n) is 2.22. The lowest BCUT2D eigenvalue weighted by atomic mass is 10.2. The van der Waals surface area contributed by atoms with Crippen LogP contribution >= 0.6 is 0 Å². The van der Waals surface area contributed by atoms with E-state index in [4.69, 9.17) is 0 Å². The molecule has 1 N–H and O–H groups in total. The monoisotopic (exact) mass is 205 g/mol. The third-order valence-corrected chi connectivity index (χ3v) is 3.20. The zero-order valence-electron chi connectivity index (χ0n) is 8.30. The summed E-state index contributed by atoms with van der Waals surface area (Å²) in [5, 5.41) is 0. The Balaban J connectivity index is 1.89. The molecule has 3 atom stereocenters. The lowest BCUT2D eigenvalue weighted by Crippen LogP contribution is -2.35. The summed E-state index contributed by atoms with van der Waals surface area (Å²) in [5.74, 6) is 0.533. The molecule has 1 saturated heterocycles. The van der Waals surface area contributed by atoms with E-state index in [1.54, 1.807) is 12.4 Å². The number of carbonyl (C=O) groups excluding carboxylic acids is 2. The van der Waals surface area contributed by atoms with E-state index < -0.39 is 0 Å². The number of H-pyrrole nitrogens is 1. The molecule has 1 aromatic heterocycles. The highest BCUT2D eigenvalue weighted by molar-refractivity contribution is 6.09. The lowest BCUT2D eigenvalue weighted by molar-refractivity contribution is -0.144. The average molecular weight is 205 g/mol. The van der Waals surface area contributed by atoms with Crippen molar-refractivity contribution in [2.45, 2.75) is 19.4 Å². The van der Waals surface area contributed by atoms with E-state index in [0.29, 0.717) is 5.82 Å². The van der Waals surface area contributed by atoms with Gasteiger partial charge in [-0.15, -0.1) is 0 Å². The Morgan fingerprint density at radius 1 is 1.47 bits per heavy atom. The Hall–Kier alpha value is -1.65. The maximum absolute atomic E-state index is 11.8. The number of likely N-dealkylation sites (tertiary alicyclic amines) is 1. The first kappa shape index (κ1) is 8.64. The van der Waals surface area contributed by atoms with Crippen LogP contribution in [0.5, 0.6) is 0 Å². The minimum absolute atomic E-state index is 0.0325. The van der Waals surface area contributed by atoms with E-state index in [0.717, 1.165) is 6.42 Å². The molecule has 3 unspecified atom stereocenters. The zero-order valence-corrected chi connectivity index (χ0v) is 8.30. The van der Waals surface area contributed by atoms with Crippen LogP contribution in [0.4, 0.5) is 0 Å². The molecule has 1 saturated carbocycles. The molecule has 78 valence electrons. The number of piperidine rings is 1. The van der Waals surface area contributed by atoms with Gasteiger partial charge in [0.15, 0.2) is 0 Å². The summed E-state index contributed by atoms with van der Waals surface area (Å²) in [7, 11) is 0. The van der Waals surface area contributed by atoms with Gasteiger partial charge in [-0.1, -0.05) is 0 Å². The van der Waals surface area contributed by atoms with E-state index >= 15 is 0 Å². The number of aromatic nitrogens is 2. The molecule has 0 aromatic carbocycles. The van der Waals surface area contributed by atoms with Crippen LogP contribution in [0.2, 0.25) is 0 Å². The first-order chi connectivity index (χ1) is 7.20. The zero-order chi connectivity index (χ0) is 10.6. The topological polar surface area (TPSA) is 66.1 Å². The summed E-state index contributed by atoms with van der Waals surface area (Å²) in [6.07, 6.45) is 4.06. The Morgan fingerprint density at radius 2 is 2.13 bits per heavy atom. The van der Waals surface area contributed by atoms with Crippen molar-refractivity contribution in [1.29, 1.82) is 0 Å². The van der Waals surface area contributed by atoms with Crippen molar-refractivity contribution in [2.75, 3.05) is 0 Å². The van der Waals surface area contributed by atoms with Crippen molar-refractivity contribution in [3.63, 3.8) is 0 Å². The van der Waals surface area contributed by atoms with E-state index in [1.165, 1.54) is 4.90 Å². The lowest BCUT2D eigenvalue weighted by Gasteiger charge is -2.22. The van der Waals surface area contributed by atoms with Crippen LogP contribution in [0.15, 0.2) is 12.4 Å². The Bertz CT molecular complexity index is 406. The third kappa shape index (κ3) is 1.06. The van der Waals surface area contributed by atoms with Crippen molar-refractivity contribution in [1.82, 2.24) is 14.9 Å². The van der Waals surface area contributed by atoms with E-state index in [9.17, 15) is 9.59 Å². The van der Waals surface area contributed by atoms with Crippen LogP contribution in [-0.4, -0.2) is 26.7 Å². The molecular formula is C10H11N3O2. The number of nitrogens with zero attached hydrogens (tertiary/aromatic N) is 2. The second-order valence-electron chi connectivity index (χ2n) is 4.15. The number of imide groups is 1. The molecule has 0 spiro atoms. The highest BCUT2D eigenvalue weighted by Crippen LogP contribution is 2.49. The van der Waals surface area contributed by atoms with Gasteiger partial charge in [-0.25, -0.2) is 4.98 Å². The van der Waals surface area contributed by atoms with E-state index in [1.807, 2.05) is 6.92 Å². The van der Waals surface area contributed by atoms with Gasteiger partial charge in [-0.05, 0) is 13.3 Å². The van der Waals surface area contributed by atoms with Gasteiger partial charge < -0.3 is 4.98 Å². The smallest absolute Gasteiger partial charge is 0.233 e. The molecule has 2 aliphatic rings. The number of nitrogens with one attached hydrogen (secondary N) is 1. The van der Waals surface area contributed by atoms with Gasteiger partial charge in [0.2, 0.25) is 11.8 Å². The van der Waals surface area contributed by atoms with Gasteiger partial charge in [0.05, 0.1) is 17.9 Å². The molecule has 0 radical (unpaired) electrons. The Kier molecular flexibility index (Phi) is 1.55. The van der Waals surface area contributed by atoms with Crippen LogP contribution in [0, 0.1) is 11.8 Å². The van der Waals surface area contributed by atoms with Crippen molar-refractivity contribution < 1.29 is 9.59 Å². The maximum Gasteiger partial charge on any atom is 0.233 e. The second kappa shape index (κ2) is 2.68. The summed E-state index contributed by atoms with van der Waals surface area (Å²) in [6, 6.07) is -0.271. The van der Waals surface area contributed by atoms with Gasteiger partial charge in [0.1, 0.15) is 5.82 Å². The standard InChI is InChI=1S/C10H11N3O2/c1-5(8-11-2-3-12-8)13-9(14)6-4-7(6)10(13)15/h2-3,5-7H,4H2,1H3,(H,11,12). The summed E-state index contributed by atoms with van der Waals surface area (Å²) < 4.78 is 0. The first-order valence-corrected chi connectivity index (χ1v) is 5.06.